The van der Waals surface area contributed by atoms with Gasteiger partial charge in [-0.25, -0.2) is 0 Å². The number of nitrogens with zero attached hydrogens (tertiary/aromatic N) is 1. The minimum Gasteiger partial charge on any atom is -0.396 e. The topological polar surface area (TPSA) is 40.5 Å². The highest BCUT2D eigenvalue weighted by Gasteiger charge is 2.26. The molecule has 1 fully saturated rings. The van der Waals surface area contributed by atoms with Crippen LogP contribution in [-0.4, -0.2) is 41.5 Å². The van der Waals surface area contributed by atoms with Crippen molar-refractivity contribution in [3.8, 4) is 0 Å². The number of rotatable bonds is 7. The van der Waals surface area contributed by atoms with Gasteiger partial charge >= 0.3 is 0 Å². The summed E-state index contributed by atoms with van der Waals surface area (Å²) in [6, 6.07) is 7.56. The van der Waals surface area contributed by atoms with E-state index in [9.17, 15) is 4.79 Å². The van der Waals surface area contributed by atoms with Crippen LogP contribution in [0.4, 0.5) is 0 Å². The number of hydrogen-bond donors (Lipinski definition) is 1. The Balaban J connectivity index is 1.95. The van der Waals surface area contributed by atoms with Gasteiger partial charge in [0.1, 0.15) is 0 Å². The van der Waals surface area contributed by atoms with E-state index in [0.717, 1.165) is 13.0 Å². The molecule has 0 spiro atoms. The zero-order valence-corrected chi connectivity index (χ0v) is 11.8. The number of aliphatic hydroxyl groups is 1. The van der Waals surface area contributed by atoms with Crippen molar-refractivity contribution in [1.82, 2.24) is 4.90 Å². The molecule has 1 aromatic rings. The van der Waals surface area contributed by atoms with Gasteiger partial charge in [-0.1, -0.05) is 18.0 Å². The lowest BCUT2D eigenvalue weighted by Crippen LogP contribution is -2.43. The van der Waals surface area contributed by atoms with Crippen LogP contribution >= 0.6 is 11.6 Å². The Kier molecular flexibility index (Phi) is 5.37. The predicted molar refractivity (Wildman–Crippen MR) is 76.7 cm³/mol. The number of benzene rings is 1. The molecule has 0 aromatic heterocycles. The molecule has 0 saturated heterocycles. The summed E-state index contributed by atoms with van der Waals surface area (Å²) in [6.07, 6.45) is 4.30. The second-order valence-electron chi connectivity index (χ2n) is 5.06. The average Bonchev–Trinajstić information content (AvgIpc) is 2.34. The van der Waals surface area contributed by atoms with Crippen LogP contribution < -0.4 is 0 Å². The molecule has 1 N–H and O–H groups in total. The molecular weight excluding hydrogens is 262 g/mol. The van der Waals surface area contributed by atoms with Crippen molar-refractivity contribution < 1.29 is 9.90 Å². The third-order valence-corrected chi connectivity index (χ3v) is 3.96. The molecule has 4 heteroatoms. The van der Waals surface area contributed by atoms with Gasteiger partial charge in [0.25, 0.3) is 0 Å². The molecule has 1 aliphatic carbocycles. The Morgan fingerprint density at radius 3 is 2.53 bits per heavy atom. The fourth-order valence-electron chi connectivity index (χ4n) is 2.33. The van der Waals surface area contributed by atoms with Gasteiger partial charge in [-0.05, 0) is 43.5 Å². The first-order chi connectivity index (χ1) is 9.20. The quantitative estimate of drug-likeness (QED) is 0.781. The maximum absolute atomic E-state index is 12.2. The van der Waals surface area contributed by atoms with E-state index in [-0.39, 0.29) is 12.4 Å². The van der Waals surface area contributed by atoms with Crippen LogP contribution in [-0.2, 0) is 0 Å². The van der Waals surface area contributed by atoms with Crippen LogP contribution in [0.15, 0.2) is 24.3 Å². The van der Waals surface area contributed by atoms with E-state index < -0.39 is 0 Å². The van der Waals surface area contributed by atoms with E-state index in [1.165, 1.54) is 19.3 Å². The summed E-state index contributed by atoms with van der Waals surface area (Å²) < 4.78 is 0. The van der Waals surface area contributed by atoms with E-state index in [1.54, 1.807) is 24.3 Å². The van der Waals surface area contributed by atoms with Gasteiger partial charge in [-0.15, -0.1) is 0 Å². The molecule has 3 nitrogen and oxygen atoms in total. The third-order valence-electron chi connectivity index (χ3n) is 3.71. The molecule has 2 rings (SSSR count). The lowest BCUT2D eigenvalue weighted by molar-refractivity contribution is 0.0788. The Labute approximate surface area is 119 Å². The van der Waals surface area contributed by atoms with E-state index in [1.807, 2.05) is 0 Å². The zero-order valence-electron chi connectivity index (χ0n) is 11.0. The molecule has 0 atom stereocenters. The molecule has 19 heavy (non-hydrogen) atoms. The molecule has 0 unspecified atom stereocenters. The highest BCUT2D eigenvalue weighted by atomic mass is 35.5. The van der Waals surface area contributed by atoms with E-state index in [2.05, 4.69) is 4.90 Å². The first-order valence-corrected chi connectivity index (χ1v) is 7.22. The van der Waals surface area contributed by atoms with Gasteiger partial charge < -0.3 is 5.11 Å². The van der Waals surface area contributed by atoms with Crippen molar-refractivity contribution in [3.05, 3.63) is 34.9 Å². The van der Waals surface area contributed by atoms with Gasteiger partial charge in [0.05, 0.1) is 6.54 Å². The number of Topliss-reactive ketones (excluding diaryl/α,β-unsaturated/α-hetero) is 1. The van der Waals surface area contributed by atoms with E-state index in [0.29, 0.717) is 23.2 Å². The van der Waals surface area contributed by atoms with Gasteiger partial charge in [0, 0.05) is 29.8 Å². The minimum absolute atomic E-state index is 0.126. The first-order valence-electron chi connectivity index (χ1n) is 6.84. The summed E-state index contributed by atoms with van der Waals surface area (Å²) in [5.74, 6) is 0.126. The summed E-state index contributed by atoms with van der Waals surface area (Å²) in [4.78, 5) is 14.4. The average molecular weight is 282 g/mol. The summed E-state index contributed by atoms with van der Waals surface area (Å²) >= 11 is 5.82. The fraction of sp³-hybridized carbons (Fsp3) is 0.533. The molecule has 1 aliphatic rings. The maximum Gasteiger partial charge on any atom is 0.176 e. The number of ketones is 1. The Hall–Kier alpha value is -0.900. The van der Waals surface area contributed by atoms with Crippen LogP contribution in [0.3, 0.4) is 0 Å². The van der Waals surface area contributed by atoms with Gasteiger partial charge in [0.15, 0.2) is 5.78 Å². The standard InChI is InChI=1S/C15H20ClNO2/c16-13-7-5-12(6-8-13)15(19)11-17(9-2-10-18)14-3-1-4-14/h5-8,14,18H,1-4,9-11H2. The van der Waals surface area contributed by atoms with Crippen molar-refractivity contribution in [2.24, 2.45) is 0 Å². The predicted octanol–water partition coefficient (Wildman–Crippen LogP) is 2.76. The highest BCUT2D eigenvalue weighted by Crippen LogP contribution is 2.25. The van der Waals surface area contributed by atoms with Gasteiger partial charge in [-0.2, -0.15) is 0 Å². The summed E-state index contributed by atoms with van der Waals surface area (Å²) in [5, 5.41) is 9.59. The minimum atomic E-state index is 0.126. The van der Waals surface area contributed by atoms with Crippen LogP contribution in [0.5, 0.6) is 0 Å². The number of aliphatic hydroxyl groups excluding tert-OH is 1. The highest BCUT2D eigenvalue weighted by molar-refractivity contribution is 6.30. The SMILES string of the molecule is O=C(CN(CCCO)C1CCC1)c1ccc(Cl)cc1. The molecule has 0 bridgehead atoms. The summed E-state index contributed by atoms with van der Waals surface area (Å²) in [5.41, 5.74) is 0.706. The van der Waals surface area contributed by atoms with Crippen LogP contribution in [0.25, 0.3) is 0 Å². The molecule has 0 aliphatic heterocycles. The molecule has 1 saturated carbocycles. The Morgan fingerprint density at radius 1 is 1.32 bits per heavy atom. The molecule has 104 valence electrons. The van der Waals surface area contributed by atoms with Crippen LogP contribution in [0.2, 0.25) is 5.02 Å². The van der Waals surface area contributed by atoms with Crippen molar-refractivity contribution in [1.29, 1.82) is 0 Å². The smallest absolute Gasteiger partial charge is 0.176 e. The van der Waals surface area contributed by atoms with Crippen LogP contribution in [0.1, 0.15) is 36.0 Å². The Bertz CT molecular complexity index is 415. The number of hydrogen-bond acceptors (Lipinski definition) is 3. The third kappa shape index (κ3) is 4.03. The second kappa shape index (κ2) is 7.04. The van der Waals surface area contributed by atoms with Crippen LogP contribution in [0, 0.1) is 0 Å². The van der Waals surface area contributed by atoms with Crippen molar-refractivity contribution in [3.63, 3.8) is 0 Å². The van der Waals surface area contributed by atoms with Crippen molar-refractivity contribution in [2.75, 3.05) is 19.7 Å². The molecule has 0 heterocycles. The molecule has 0 radical (unpaired) electrons. The summed E-state index contributed by atoms with van der Waals surface area (Å²) in [7, 11) is 0. The largest absolute Gasteiger partial charge is 0.396 e. The lowest BCUT2D eigenvalue weighted by Gasteiger charge is -2.37. The first kappa shape index (κ1) is 14.5. The normalized spacial score (nSPS) is 15.5. The van der Waals surface area contributed by atoms with E-state index in [4.69, 9.17) is 16.7 Å². The van der Waals surface area contributed by atoms with Gasteiger partial charge in [-0.3, -0.25) is 9.69 Å². The van der Waals surface area contributed by atoms with Crippen molar-refractivity contribution >= 4 is 17.4 Å². The van der Waals surface area contributed by atoms with Gasteiger partial charge in [0.2, 0.25) is 0 Å². The summed E-state index contributed by atoms with van der Waals surface area (Å²) in [6.45, 7) is 1.41. The molecule has 1 aromatic carbocycles. The maximum atomic E-state index is 12.2. The van der Waals surface area contributed by atoms with E-state index >= 15 is 0 Å². The monoisotopic (exact) mass is 281 g/mol. The Morgan fingerprint density at radius 2 is 2.00 bits per heavy atom. The zero-order chi connectivity index (χ0) is 13.7. The second-order valence-corrected chi connectivity index (χ2v) is 5.50. The molecule has 0 amide bonds. The fourth-order valence-corrected chi connectivity index (χ4v) is 2.45. The number of carbonyl (C=O) groups is 1. The number of carbonyl (C=O) groups excluding carboxylic acids is 1. The number of halogens is 1. The molecular formula is C15H20ClNO2. The van der Waals surface area contributed by atoms with Crippen molar-refractivity contribution in [2.45, 2.75) is 31.7 Å². The lowest BCUT2D eigenvalue weighted by atomic mass is 9.91.